The molecular weight excluding hydrogens is 374 g/mol. The molecule has 154 valence electrons. The van der Waals surface area contributed by atoms with Crippen molar-refractivity contribution >= 4 is 17.8 Å². The lowest BCUT2D eigenvalue weighted by atomic mass is 10.1. The van der Waals surface area contributed by atoms with Gasteiger partial charge in [0.1, 0.15) is 0 Å². The van der Waals surface area contributed by atoms with E-state index >= 15 is 0 Å². The minimum absolute atomic E-state index is 0.105. The topological polar surface area (TPSA) is 76.0 Å². The number of rotatable bonds is 8. The van der Waals surface area contributed by atoms with Crippen LogP contribution in [0, 0.1) is 13.8 Å². The summed E-state index contributed by atoms with van der Waals surface area (Å²) < 4.78 is 22.9. The van der Waals surface area contributed by atoms with Crippen molar-refractivity contribution in [2.45, 2.75) is 26.8 Å². The number of carbonyl (C=O) groups is 2. The molecule has 0 fully saturated rings. The third-order valence-electron chi connectivity index (χ3n) is 4.79. The van der Waals surface area contributed by atoms with Crippen LogP contribution >= 0.6 is 0 Å². The highest BCUT2D eigenvalue weighted by Crippen LogP contribution is 2.32. The van der Waals surface area contributed by atoms with Gasteiger partial charge in [-0.15, -0.1) is 0 Å². The first-order valence-corrected chi connectivity index (χ1v) is 9.35. The Labute approximate surface area is 169 Å². The Hall–Kier alpha value is -3.06. The van der Waals surface area contributed by atoms with Crippen LogP contribution in [0.15, 0.2) is 30.3 Å². The lowest BCUT2D eigenvalue weighted by Gasteiger charge is -2.17. The van der Waals surface area contributed by atoms with Crippen LogP contribution in [0.3, 0.4) is 0 Å². The molecule has 0 spiro atoms. The summed E-state index contributed by atoms with van der Waals surface area (Å²) in [5.74, 6) is 0.484. The molecule has 0 saturated heterocycles. The van der Waals surface area contributed by atoms with E-state index in [9.17, 15) is 9.59 Å². The maximum absolute atomic E-state index is 12.5. The largest absolute Gasteiger partial charge is 0.454 e. The zero-order valence-electron chi connectivity index (χ0n) is 17.1. The fraction of sp³-hybridized carbons (Fsp3) is 0.364. The Morgan fingerprint density at radius 1 is 1.21 bits per heavy atom. The van der Waals surface area contributed by atoms with Gasteiger partial charge in [0.25, 0.3) is 0 Å². The molecule has 2 aromatic rings. The summed E-state index contributed by atoms with van der Waals surface area (Å²) in [6.45, 7) is 6.27. The van der Waals surface area contributed by atoms with Crippen LogP contribution in [-0.4, -0.2) is 43.4 Å². The highest BCUT2D eigenvalue weighted by Gasteiger charge is 2.19. The van der Waals surface area contributed by atoms with Gasteiger partial charge in [0.15, 0.2) is 18.1 Å². The molecule has 29 heavy (non-hydrogen) atoms. The second-order valence-electron chi connectivity index (χ2n) is 6.94. The Bertz CT molecular complexity index is 943. The molecule has 0 radical (unpaired) electrons. The molecule has 1 aliphatic rings. The minimum atomic E-state index is -0.586. The quantitative estimate of drug-likeness (QED) is 0.384. The number of aryl methyl sites for hydroxylation is 1. The van der Waals surface area contributed by atoms with Crippen LogP contribution in [0.2, 0.25) is 0 Å². The molecule has 0 amide bonds. The molecule has 0 saturated carbocycles. The predicted octanol–water partition coefficient (Wildman–Crippen LogP) is 3.48. The standard InChI is InChI=1S/C22H25NO6/c1-14-9-18(16(3)23(14)15(2)11-26-4)19(24)12-27-22(25)8-6-17-5-7-20-21(10-17)29-13-28-20/h5-10,15H,11-13H2,1-4H3/b8-6+/t15-/m1/s1. The van der Waals surface area contributed by atoms with E-state index < -0.39 is 5.97 Å². The average molecular weight is 399 g/mol. The van der Waals surface area contributed by atoms with Gasteiger partial charge in [0.05, 0.1) is 12.6 Å². The number of aromatic nitrogens is 1. The van der Waals surface area contributed by atoms with E-state index in [1.807, 2.05) is 26.8 Å². The number of ketones is 1. The van der Waals surface area contributed by atoms with Gasteiger partial charge in [-0.2, -0.15) is 0 Å². The third-order valence-corrected chi connectivity index (χ3v) is 4.79. The Kier molecular flexibility index (Phi) is 6.39. The zero-order chi connectivity index (χ0) is 21.0. The van der Waals surface area contributed by atoms with Crippen molar-refractivity contribution in [1.29, 1.82) is 0 Å². The SMILES string of the molecule is COC[C@@H](C)n1c(C)cc(C(=O)COC(=O)/C=C/c2ccc3c(c2)OCO3)c1C. The van der Waals surface area contributed by atoms with Crippen LogP contribution < -0.4 is 9.47 Å². The second kappa shape index (κ2) is 8.96. The molecule has 1 aromatic carbocycles. The Morgan fingerprint density at radius 2 is 1.97 bits per heavy atom. The first-order valence-electron chi connectivity index (χ1n) is 9.35. The highest BCUT2D eigenvalue weighted by atomic mass is 16.7. The molecule has 1 aliphatic heterocycles. The number of nitrogens with zero attached hydrogens (tertiary/aromatic N) is 1. The molecule has 3 rings (SSSR count). The van der Waals surface area contributed by atoms with E-state index in [1.54, 1.807) is 31.4 Å². The van der Waals surface area contributed by atoms with Gasteiger partial charge < -0.3 is 23.5 Å². The van der Waals surface area contributed by atoms with Gasteiger partial charge in [-0.3, -0.25) is 4.79 Å². The van der Waals surface area contributed by atoms with E-state index in [-0.39, 0.29) is 25.2 Å². The summed E-state index contributed by atoms with van der Waals surface area (Å²) >= 11 is 0. The average Bonchev–Trinajstić information content (AvgIpc) is 3.28. The van der Waals surface area contributed by atoms with Crippen molar-refractivity contribution < 1.29 is 28.5 Å². The van der Waals surface area contributed by atoms with Crippen LogP contribution in [-0.2, 0) is 14.3 Å². The molecule has 7 heteroatoms. The van der Waals surface area contributed by atoms with Crippen molar-refractivity contribution in [2.75, 3.05) is 27.1 Å². The number of hydrogen-bond donors (Lipinski definition) is 0. The van der Waals surface area contributed by atoms with Crippen LogP contribution in [0.4, 0.5) is 0 Å². The predicted molar refractivity (Wildman–Crippen MR) is 107 cm³/mol. The molecule has 0 aliphatic carbocycles. The van der Waals surface area contributed by atoms with Crippen molar-refractivity contribution in [1.82, 2.24) is 4.57 Å². The molecule has 1 atom stereocenters. The highest BCUT2D eigenvalue weighted by molar-refractivity contribution is 6.00. The second-order valence-corrected chi connectivity index (χ2v) is 6.94. The first kappa shape index (κ1) is 20.7. The van der Waals surface area contributed by atoms with Crippen LogP contribution in [0.5, 0.6) is 11.5 Å². The smallest absolute Gasteiger partial charge is 0.331 e. The summed E-state index contributed by atoms with van der Waals surface area (Å²) in [5, 5.41) is 0. The minimum Gasteiger partial charge on any atom is -0.454 e. The number of ether oxygens (including phenoxy) is 4. The summed E-state index contributed by atoms with van der Waals surface area (Å²) in [6, 6.07) is 7.28. The molecule has 0 unspecified atom stereocenters. The maximum atomic E-state index is 12.5. The van der Waals surface area contributed by atoms with Crippen LogP contribution in [0.1, 0.15) is 40.3 Å². The van der Waals surface area contributed by atoms with E-state index in [0.717, 1.165) is 17.0 Å². The summed E-state index contributed by atoms with van der Waals surface area (Å²) in [7, 11) is 1.65. The van der Waals surface area contributed by atoms with Crippen LogP contribution in [0.25, 0.3) is 6.08 Å². The summed E-state index contributed by atoms with van der Waals surface area (Å²) in [4.78, 5) is 24.5. The Morgan fingerprint density at radius 3 is 2.72 bits per heavy atom. The molecule has 2 heterocycles. The van der Waals surface area contributed by atoms with Crippen molar-refractivity contribution in [3.05, 3.63) is 52.9 Å². The molecular formula is C22H25NO6. The maximum Gasteiger partial charge on any atom is 0.331 e. The normalized spacial score (nSPS) is 13.7. The number of methoxy groups -OCH3 is 1. The van der Waals surface area contributed by atoms with Crippen molar-refractivity contribution in [3.63, 3.8) is 0 Å². The van der Waals surface area contributed by atoms with Gasteiger partial charge >= 0.3 is 5.97 Å². The number of fused-ring (bicyclic) bond motifs is 1. The third kappa shape index (κ3) is 4.68. The zero-order valence-corrected chi connectivity index (χ0v) is 17.1. The molecule has 1 aromatic heterocycles. The number of hydrogen-bond acceptors (Lipinski definition) is 6. The van der Waals surface area contributed by atoms with Gasteiger partial charge in [-0.1, -0.05) is 6.07 Å². The summed E-state index contributed by atoms with van der Waals surface area (Å²) in [6.07, 6.45) is 2.89. The number of carbonyl (C=O) groups excluding carboxylic acids is 2. The lowest BCUT2D eigenvalue weighted by Crippen LogP contribution is -2.16. The monoisotopic (exact) mass is 399 g/mol. The molecule has 7 nitrogen and oxygen atoms in total. The first-order chi connectivity index (χ1) is 13.9. The van der Waals surface area contributed by atoms with Gasteiger partial charge in [0.2, 0.25) is 12.6 Å². The molecule has 0 bridgehead atoms. The van der Waals surface area contributed by atoms with Crippen molar-refractivity contribution in [2.24, 2.45) is 0 Å². The number of Topliss-reactive ketones (excluding diaryl/α,β-unsaturated/α-hetero) is 1. The van der Waals surface area contributed by atoms with E-state index in [4.69, 9.17) is 18.9 Å². The number of benzene rings is 1. The van der Waals surface area contributed by atoms with Crippen molar-refractivity contribution in [3.8, 4) is 11.5 Å². The fourth-order valence-electron chi connectivity index (χ4n) is 3.50. The fourth-order valence-corrected chi connectivity index (χ4v) is 3.50. The lowest BCUT2D eigenvalue weighted by molar-refractivity contribution is -0.136. The summed E-state index contributed by atoms with van der Waals surface area (Å²) in [5.41, 5.74) is 3.12. The molecule has 0 N–H and O–H groups in total. The van der Waals surface area contributed by atoms with Gasteiger partial charge in [-0.05, 0) is 50.6 Å². The van der Waals surface area contributed by atoms with E-state index in [2.05, 4.69) is 4.57 Å². The van der Waals surface area contributed by atoms with E-state index in [1.165, 1.54) is 6.08 Å². The van der Waals surface area contributed by atoms with Gasteiger partial charge in [0, 0.05) is 30.1 Å². The van der Waals surface area contributed by atoms with Gasteiger partial charge in [-0.25, -0.2) is 4.79 Å². The Balaban J connectivity index is 1.59. The van der Waals surface area contributed by atoms with E-state index in [0.29, 0.717) is 23.7 Å². The number of esters is 1.